The number of pyridine rings is 3. The lowest BCUT2D eigenvalue weighted by Crippen LogP contribution is -2.23. The van der Waals surface area contributed by atoms with Crippen molar-refractivity contribution in [3.05, 3.63) is 63.7 Å². The number of alkyl halides is 3. The van der Waals surface area contributed by atoms with Crippen molar-refractivity contribution in [2.75, 3.05) is 5.32 Å². The summed E-state index contributed by atoms with van der Waals surface area (Å²) in [4.78, 5) is 27.6. The molecule has 0 saturated carbocycles. The van der Waals surface area contributed by atoms with Crippen molar-refractivity contribution in [3.63, 3.8) is 0 Å². The van der Waals surface area contributed by atoms with Gasteiger partial charge in [0.2, 0.25) is 5.95 Å². The Balaban J connectivity index is 1.52. The maximum Gasteiger partial charge on any atom is 0.417 e. The number of H-pyrrole nitrogens is 1. The number of ether oxygens (including phenoxy) is 1. The molecule has 0 aliphatic carbocycles. The van der Waals surface area contributed by atoms with Gasteiger partial charge in [-0.15, -0.1) is 0 Å². The van der Waals surface area contributed by atoms with Crippen LogP contribution in [0.1, 0.15) is 5.56 Å². The van der Waals surface area contributed by atoms with E-state index in [1.807, 2.05) is 0 Å². The lowest BCUT2D eigenvalue weighted by molar-refractivity contribution is -0.138. The van der Waals surface area contributed by atoms with Gasteiger partial charge in [0.25, 0.3) is 5.56 Å². The smallest absolute Gasteiger partial charge is 0.417 e. The molecule has 5 aromatic rings. The van der Waals surface area contributed by atoms with Gasteiger partial charge < -0.3 is 24.2 Å². The van der Waals surface area contributed by atoms with Crippen LogP contribution in [0.25, 0.3) is 22.2 Å². The first-order chi connectivity index (χ1) is 16.5. The fourth-order valence-corrected chi connectivity index (χ4v) is 3.81. The SMILES string of the molecule is Cn1cc(C(F)(F)F)cc(Nc2nc3ncc(Oc4cnc5[nH]cc(F)c5c4)c(Cl)c3n2C)c1=O. The van der Waals surface area contributed by atoms with Gasteiger partial charge in [0, 0.05) is 26.5 Å². The van der Waals surface area contributed by atoms with E-state index < -0.39 is 23.1 Å². The van der Waals surface area contributed by atoms with Crippen molar-refractivity contribution in [1.82, 2.24) is 29.1 Å². The van der Waals surface area contributed by atoms with Gasteiger partial charge in [-0.1, -0.05) is 11.6 Å². The lowest BCUT2D eigenvalue weighted by Gasteiger charge is -2.12. The van der Waals surface area contributed by atoms with E-state index in [0.29, 0.717) is 17.9 Å². The lowest BCUT2D eigenvalue weighted by atomic mass is 10.2. The van der Waals surface area contributed by atoms with Gasteiger partial charge >= 0.3 is 6.18 Å². The summed E-state index contributed by atoms with van der Waals surface area (Å²) in [5.41, 5.74) is -1.23. The van der Waals surface area contributed by atoms with Crippen LogP contribution in [0.2, 0.25) is 5.02 Å². The molecule has 0 atom stereocenters. The van der Waals surface area contributed by atoms with Gasteiger partial charge in [-0.25, -0.2) is 14.4 Å². The molecule has 0 spiro atoms. The van der Waals surface area contributed by atoms with Crippen molar-refractivity contribution in [2.45, 2.75) is 6.18 Å². The quantitative estimate of drug-likeness (QED) is 0.336. The molecule has 0 radical (unpaired) electrons. The van der Waals surface area contributed by atoms with E-state index >= 15 is 0 Å². The minimum absolute atomic E-state index is 0.0282. The van der Waals surface area contributed by atoms with Crippen LogP contribution >= 0.6 is 11.6 Å². The molecule has 0 aromatic carbocycles. The topological polar surface area (TPSA) is 103 Å². The van der Waals surface area contributed by atoms with Crippen LogP contribution < -0.4 is 15.6 Å². The number of hydrogen-bond acceptors (Lipinski definition) is 6. The van der Waals surface area contributed by atoms with E-state index in [1.54, 1.807) is 0 Å². The van der Waals surface area contributed by atoms with Crippen molar-refractivity contribution < 1.29 is 22.3 Å². The number of nitrogens with one attached hydrogen (secondary N) is 2. The number of aromatic amines is 1. The maximum absolute atomic E-state index is 13.9. The number of anilines is 2. The summed E-state index contributed by atoms with van der Waals surface area (Å²) in [5.74, 6) is -0.158. The Morgan fingerprint density at radius 3 is 2.69 bits per heavy atom. The molecule has 0 fully saturated rings. The zero-order chi connectivity index (χ0) is 25.1. The summed E-state index contributed by atoms with van der Waals surface area (Å²) < 4.78 is 61.4. The minimum Gasteiger partial charge on any atom is -0.452 e. The van der Waals surface area contributed by atoms with Crippen LogP contribution in [0.5, 0.6) is 11.5 Å². The summed E-state index contributed by atoms with van der Waals surface area (Å²) in [5, 5.41) is 2.94. The fourth-order valence-electron chi connectivity index (χ4n) is 3.51. The highest BCUT2D eigenvalue weighted by Crippen LogP contribution is 2.36. The highest BCUT2D eigenvalue weighted by molar-refractivity contribution is 6.36. The van der Waals surface area contributed by atoms with E-state index in [0.717, 1.165) is 4.57 Å². The van der Waals surface area contributed by atoms with E-state index in [-0.39, 0.29) is 44.7 Å². The molecule has 180 valence electrons. The predicted octanol–water partition coefficient (Wildman–Crippen LogP) is 4.89. The Labute approximate surface area is 198 Å². The van der Waals surface area contributed by atoms with Crippen molar-refractivity contribution in [3.8, 4) is 11.5 Å². The molecule has 0 aliphatic rings. The van der Waals surface area contributed by atoms with Gasteiger partial charge in [0.05, 0.1) is 23.3 Å². The van der Waals surface area contributed by atoms with Gasteiger partial charge in [-0.05, 0) is 12.1 Å². The summed E-state index contributed by atoms with van der Waals surface area (Å²) in [6, 6.07) is 2.14. The molecule has 35 heavy (non-hydrogen) atoms. The second kappa shape index (κ2) is 7.98. The molecule has 0 amide bonds. The second-order valence-corrected chi connectivity index (χ2v) is 7.97. The summed E-state index contributed by atoms with van der Waals surface area (Å²) in [7, 11) is 2.75. The first-order valence-electron chi connectivity index (χ1n) is 9.89. The van der Waals surface area contributed by atoms with Crippen LogP contribution in [0.4, 0.5) is 29.2 Å². The van der Waals surface area contributed by atoms with Crippen molar-refractivity contribution in [1.29, 1.82) is 0 Å². The Hall–Kier alpha value is -4.13. The zero-order valence-electron chi connectivity index (χ0n) is 17.9. The van der Waals surface area contributed by atoms with Crippen LogP contribution in [-0.2, 0) is 20.3 Å². The van der Waals surface area contributed by atoms with Gasteiger partial charge in [-0.3, -0.25) is 4.79 Å². The molecule has 0 unspecified atom stereocenters. The van der Waals surface area contributed by atoms with Crippen molar-refractivity contribution in [2.24, 2.45) is 14.1 Å². The number of rotatable bonds is 4. The zero-order valence-corrected chi connectivity index (χ0v) is 18.7. The third-order valence-corrected chi connectivity index (χ3v) is 5.61. The summed E-state index contributed by atoms with van der Waals surface area (Å²) >= 11 is 6.51. The largest absolute Gasteiger partial charge is 0.452 e. The first-order valence-corrected chi connectivity index (χ1v) is 10.3. The second-order valence-electron chi connectivity index (χ2n) is 7.59. The van der Waals surface area contributed by atoms with E-state index in [4.69, 9.17) is 16.3 Å². The minimum atomic E-state index is -4.65. The number of hydrogen-bond donors (Lipinski definition) is 2. The number of fused-ring (bicyclic) bond motifs is 2. The first kappa shape index (κ1) is 22.7. The number of aryl methyl sites for hydroxylation is 2. The molecule has 0 bridgehead atoms. The van der Waals surface area contributed by atoms with Gasteiger partial charge in [0.1, 0.15) is 33.4 Å². The van der Waals surface area contributed by atoms with E-state index in [2.05, 4.69) is 25.3 Å². The van der Waals surface area contributed by atoms with Crippen LogP contribution in [-0.4, -0.2) is 29.1 Å². The van der Waals surface area contributed by atoms with Crippen LogP contribution in [0.15, 0.2) is 41.7 Å². The average Bonchev–Trinajstić information content (AvgIpc) is 3.32. The molecular weight excluding hydrogens is 494 g/mol. The Morgan fingerprint density at radius 1 is 1.17 bits per heavy atom. The molecule has 9 nitrogen and oxygen atoms in total. The van der Waals surface area contributed by atoms with Crippen molar-refractivity contribution >= 4 is 45.4 Å². The molecule has 2 N–H and O–H groups in total. The summed E-state index contributed by atoms with van der Waals surface area (Å²) in [6.45, 7) is 0. The maximum atomic E-state index is 13.9. The normalized spacial score (nSPS) is 12.0. The van der Waals surface area contributed by atoms with E-state index in [1.165, 1.54) is 43.3 Å². The Kier molecular flexibility index (Phi) is 5.16. The third-order valence-electron chi connectivity index (χ3n) is 5.25. The average molecular weight is 508 g/mol. The summed E-state index contributed by atoms with van der Waals surface area (Å²) in [6.07, 6.45) is -0.104. The number of imidazole rings is 1. The molecule has 5 rings (SSSR count). The predicted molar refractivity (Wildman–Crippen MR) is 120 cm³/mol. The highest BCUT2D eigenvalue weighted by atomic mass is 35.5. The molecule has 0 aliphatic heterocycles. The molecule has 0 saturated heterocycles. The number of nitrogens with zero attached hydrogens (tertiary/aromatic N) is 5. The molecule has 5 heterocycles. The Morgan fingerprint density at radius 2 is 1.94 bits per heavy atom. The standard InChI is InChI=1S/C21H14ClF4N7O2/c1-32-8-9(21(24,25)26)3-13(19(32)34)30-20-31-18-16(33(20)2)15(22)14(7-29-18)35-10-4-11-12(23)6-28-17(11)27-5-10/h3-8H,1-2H3,(H,27,28)(H,29,30,31). The number of aromatic nitrogens is 6. The van der Waals surface area contributed by atoms with E-state index in [9.17, 15) is 22.4 Å². The fraction of sp³-hybridized carbons (Fsp3) is 0.143. The molecule has 5 aromatic heterocycles. The monoisotopic (exact) mass is 507 g/mol. The number of halogens is 5. The van der Waals surface area contributed by atoms with Crippen LogP contribution in [0.3, 0.4) is 0 Å². The van der Waals surface area contributed by atoms with Crippen LogP contribution in [0, 0.1) is 5.82 Å². The van der Waals surface area contributed by atoms with Gasteiger partial charge in [0.15, 0.2) is 11.4 Å². The third kappa shape index (κ3) is 3.93. The molecular formula is C21H14ClF4N7O2. The highest BCUT2D eigenvalue weighted by Gasteiger charge is 2.32. The Bertz CT molecular complexity index is 1670. The van der Waals surface area contributed by atoms with Gasteiger partial charge in [-0.2, -0.15) is 18.2 Å². The molecule has 14 heteroatoms.